The zero-order valence-electron chi connectivity index (χ0n) is 39.7. The highest BCUT2D eigenvalue weighted by atomic mass is 16.7. The fourth-order valence-electron chi connectivity index (χ4n) is 8.33. The summed E-state index contributed by atoms with van der Waals surface area (Å²) in [6, 6.07) is -0.733. The highest BCUT2D eigenvalue weighted by molar-refractivity contribution is 5.76. The summed E-state index contributed by atoms with van der Waals surface area (Å²) >= 11 is 0. The molecule has 0 aromatic carbocycles. The van der Waals surface area contributed by atoms with Crippen LogP contribution in [0.2, 0.25) is 0 Å². The number of aliphatic hydroxyl groups is 5. The van der Waals surface area contributed by atoms with Gasteiger partial charge in [-0.15, -0.1) is 0 Å². The first-order valence-electron chi connectivity index (χ1n) is 26.0. The van der Waals surface area contributed by atoms with Gasteiger partial charge in [-0.1, -0.05) is 199 Å². The number of aliphatic hydroxyl groups excluding tert-OH is 5. The van der Waals surface area contributed by atoms with E-state index in [1.54, 1.807) is 0 Å². The molecule has 2 unspecified atom stereocenters. The lowest BCUT2D eigenvalue weighted by molar-refractivity contribution is -0.302. The molecule has 1 aliphatic heterocycles. The van der Waals surface area contributed by atoms with Crippen molar-refractivity contribution in [1.82, 2.24) is 5.32 Å². The van der Waals surface area contributed by atoms with Crippen LogP contribution in [-0.2, 0) is 14.3 Å². The molecule has 7 atom stereocenters. The summed E-state index contributed by atoms with van der Waals surface area (Å²) in [5.74, 6) is -0.153. The van der Waals surface area contributed by atoms with Crippen LogP contribution in [0.25, 0.3) is 0 Å². The van der Waals surface area contributed by atoms with Gasteiger partial charge in [0.15, 0.2) is 6.29 Å². The molecule has 1 rings (SSSR count). The molecule has 1 amide bonds. The summed E-state index contributed by atoms with van der Waals surface area (Å²) in [6.45, 7) is 3.83. The molecule has 9 nitrogen and oxygen atoms in total. The van der Waals surface area contributed by atoms with Crippen molar-refractivity contribution in [2.24, 2.45) is 0 Å². The largest absolute Gasteiger partial charge is 0.394 e. The van der Waals surface area contributed by atoms with E-state index < -0.39 is 49.5 Å². The number of hydrogen-bond donors (Lipinski definition) is 6. The van der Waals surface area contributed by atoms with Gasteiger partial charge in [-0.2, -0.15) is 0 Å². The average molecular weight is 866 g/mol. The monoisotopic (exact) mass is 866 g/mol. The van der Waals surface area contributed by atoms with Crippen LogP contribution in [0.3, 0.4) is 0 Å². The van der Waals surface area contributed by atoms with Crippen molar-refractivity contribution < 1.29 is 39.8 Å². The van der Waals surface area contributed by atoms with Gasteiger partial charge in [-0.25, -0.2) is 0 Å². The molecule has 0 aromatic rings. The Bertz CT molecular complexity index is 1010. The second-order valence-corrected chi connectivity index (χ2v) is 18.3. The molecule has 0 radical (unpaired) electrons. The summed E-state index contributed by atoms with van der Waals surface area (Å²) in [5.41, 5.74) is 0. The van der Waals surface area contributed by atoms with Crippen molar-refractivity contribution in [3.8, 4) is 0 Å². The number of unbranched alkanes of at least 4 members (excludes halogenated alkanes) is 30. The van der Waals surface area contributed by atoms with Gasteiger partial charge >= 0.3 is 0 Å². The van der Waals surface area contributed by atoms with Crippen LogP contribution in [0, 0.1) is 0 Å². The van der Waals surface area contributed by atoms with Crippen molar-refractivity contribution in [1.29, 1.82) is 0 Å². The molecule has 6 N–H and O–H groups in total. The number of ether oxygens (including phenoxy) is 2. The van der Waals surface area contributed by atoms with Gasteiger partial charge < -0.3 is 40.3 Å². The Balaban J connectivity index is 2.27. The van der Waals surface area contributed by atoms with Crippen LogP contribution in [-0.4, -0.2) is 87.5 Å². The Kier molecular flexibility index (Phi) is 40.3. The molecular weight excluding hydrogens is 767 g/mol. The molecular formula is C52H99NO8. The van der Waals surface area contributed by atoms with E-state index in [9.17, 15) is 30.3 Å². The number of carbonyl (C=O) groups excluding carboxylic acids is 1. The molecule has 9 heteroatoms. The summed E-state index contributed by atoms with van der Waals surface area (Å²) in [5, 5.41) is 54.5. The summed E-state index contributed by atoms with van der Waals surface area (Å²) in [6.07, 6.45) is 44.8. The fourth-order valence-corrected chi connectivity index (χ4v) is 8.33. The standard InChI is InChI=1S/C52H99NO8/c1-3-5-7-9-11-13-15-17-19-21-22-23-24-26-28-30-32-34-36-38-40-42-48(56)53-45(44-60-52-51(59)50(58)49(57)47(43-54)61-52)46(55)41-39-37-35-33-31-29-27-25-20-18-16-14-12-10-8-6-4-2/h17,19,31,33,45-47,49-52,54-55,57-59H,3-16,18,20-30,32,34-44H2,1-2H3,(H,53,56)/b19-17+,33-31+/t45-,46+,47-,49-,50?,51?,52-/m0/s1. The van der Waals surface area contributed by atoms with E-state index in [2.05, 4.69) is 43.5 Å². The van der Waals surface area contributed by atoms with Crippen LogP contribution in [0.1, 0.15) is 245 Å². The van der Waals surface area contributed by atoms with E-state index in [-0.39, 0.29) is 12.5 Å². The SMILES string of the molecule is CCCCCCCC/C=C/CCCCCCCCCCCCCC(=O)N[C@@H](CO[C@H]1O[C@@H](CO)[C@H](O)C(O)C1O)[C@H](O)CCCC/C=C/CCCCCCCCCCCCC. The zero-order valence-corrected chi connectivity index (χ0v) is 39.7. The number of allylic oxidation sites excluding steroid dienone is 4. The van der Waals surface area contributed by atoms with Crippen LogP contribution in [0.4, 0.5) is 0 Å². The van der Waals surface area contributed by atoms with Crippen LogP contribution in [0.5, 0.6) is 0 Å². The average Bonchev–Trinajstić information content (AvgIpc) is 3.26. The minimum Gasteiger partial charge on any atom is -0.394 e. The number of carbonyl (C=O) groups is 1. The second-order valence-electron chi connectivity index (χ2n) is 18.3. The third-order valence-electron chi connectivity index (χ3n) is 12.5. The molecule has 360 valence electrons. The number of rotatable bonds is 44. The summed E-state index contributed by atoms with van der Waals surface area (Å²) < 4.78 is 11.3. The van der Waals surface area contributed by atoms with Crippen molar-refractivity contribution in [2.45, 2.75) is 288 Å². The van der Waals surface area contributed by atoms with Crippen molar-refractivity contribution in [3.05, 3.63) is 24.3 Å². The molecule has 61 heavy (non-hydrogen) atoms. The van der Waals surface area contributed by atoms with Gasteiger partial charge in [0.2, 0.25) is 5.91 Å². The van der Waals surface area contributed by atoms with E-state index in [1.165, 1.54) is 173 Å². The smallest absolute Gasteiger partial charge is 0.220 e. The normalized spacial score (nSPS) is 20.5. The van der Waals surface area contributed by atoms with Crippen molar-refractivity contribution in [2.75, 3.05) is 13.2 Å². The van der Waals surface area contributed by atoms with Crippen LogP contribution < -0.4 is 5.32 Å². The Hall–Kier alpha value is -1.33. The van der Waals surface area contributed by atoms with Gasteiger partial charge in [-0.05, 0) is 64.2 Å². The fraction of sp³-hybridized carbons (Fsp3) is 0.904. The number of nitrogens with one attached hydrogen (secondary N) is 1. The minimum atomic E-state index is -1.56. The second kappa shape index (κ2) is 42.6. The van der Waals surface area contributed by atoms with Gasteiger partial charge in [0.25, 0.3) is 0 Å². The van der Waals surface area contributed by atoms with E-state index in [1.807, 2.05) is 0 Å². The maximum atomic E-state index is 13.0. The van der Waals surface area contributed by atoms with Gasteiger partial charge in [0.05, 0.1) is 25.4 Å². The quantitative estimate of drug-likeness (QED) is 0.0262. The molecule has 1 aliphatic rings. The molecule has 0 aliphatic carbocycles. The highest BCUT2D eigenvalue weighted by Gasteiger charge is 2.44. The summed E-state index contributed by atoms with van der Waals surface area (Å²) in [7, 11) is 0. The lowest BCUT2D eigenvalue weighted by Gasteiger charge is -2.40. The van der Waals surface area contributed by atoms with Crippen LogP contribution >= 0.6 is 0 Å². The maximum Gasteiger partial charge on any atom is 0.220 e. The maximum absolute atomic E-state index is 13.0. The lowest BCUT2D eigenvalue weighted by Crippen LogP contribution is -2.60. The van der Waals surface area contributed by atoms with Crippen molar-refractivity contribution >= 4 is 5.91 Å². The highest BCUT2D eigenvalue weighted by Crippen LogP contribution is 2.23. The Morgan fingerprint density at radius 1 is 0.541 bits per heavy atom. The van der Waals surface area contributed by atoms with E-state index >= 15 is 0 Å². The molecule has 0 aromatic heterocycles. The number of amides is 1. The molecule has 1 heterocycles. The van der Waals surface area contributed by atoms with Gasteiger partial charge in [-0.3, -0.25) is 4.79 Å². The first-order chi connectivity index (χ1) is 29.8. The Morgan fingerprint density at radius 2 is 0.918 bits per heavy atom. The predicted molar refractivity (Wildman–Crippen MR) is 253 cm³/mol. The Morgan fingerprint density at radius 3 is 1.33 bits per heavy atom. The Labute approximate surface area is 375 Å². The zero-order chi connectivity index (χ0) is 44.4. The van der Waals surface area contributed by atoms with Gasteiger partial charge in [0, 0.05) is 6.42 Å². The topological polar surface area (TPSA) is 149 Å². The molecule has 1 fully saturated rings. The first-order valence-corrected chi connectivity index (χ1v) is 26.0. The van der Waals surface area contributed by atoms with Gasteiger partial charge in [0.1, 0.15) is 24.4 Å². The van der Waals surface area contributed by atoms with E-state index in [0.717, 1.165) is 44.9 Å². The van der Waals surface area contributed by atoms with E-state index in [4.69, 9.17) is 9.47 Å². The molecule has 0 saturated carbocycles. The summed E-state index contributed by atoms with van der Waals surface area (Å²) in [4.78, 5) is 13.0. The third-order valence-corrected chi connectivity index (χ3v) is 12.5. The number of hydrogen-bond acceptors (Lipinski definition) is 8. The lowest BCUT2D eigenvalue weighted by atomic mass is 9.99. The molecule has 1 saturated heterocycles. The van der Waals surface area contributed by atoms with E-state index in [0.29, 0.717) is 12.8 Å². The van der Waals surface area contributed by atoms with Crippen molar-refractivity contribution in [3.63, 3.8) is 0 Å². The third kappa shape index (κ3) is 32.9. The minimum absolute atomic E-state index is 0.148. The first kappa shape index (κ1) is 57.7. The predicted octanol–water partition coefficient (Wildman–Crippen LogP) is 11.8. The molecule has 0 bridgehead atoms. The molecule has 0 spiro atoms. The van der Waals surface area contributed by atoms with Crippen LogP contribution in [0.15, 0.2) is 24.3 Å².